The topological polar surface area (TPSA) is 42.9 Å². The highest BCUT2D eigenvalue weighted by Crippen LogP contribution is 2.28. The summed E-state index contributed by atoms with van der Waals surface area (Å²) in [7, 11) is 1.86. The molecular weight excluding hydrogens is 330 g/mol. The van der Waals surface area contributed by atoms with Gasteiger partial charge in [-0.1, -0.05) is 13.0 Å². The second kappa shape index (κ2) is 9.55. The average Bonchev–Trinajstić information content (AvgIpc) is 3.11. The van der Waals surface area contributed by atoms with E-state index in [1.54, 1.807) is 0 Å². The summed E-state index contributed by atoms with van der Waals surface area (Å²) in [4.78, 5) is 11.0. The molecule has 1 unspecified atom stereocenters. The molecular formula is C19H33N5S. The Balaban J connectivity index is 1.46. The minimum Gasteiger partial charge on any atom is -0.355 e. The van der Waals surface area contributed by atoms with Gasteiger partial charge >= 0.3 is 0 Å². The first kappa shape index (κ1) is 18.7. The molecule has 1 aromatic rings. The standard InChI is InChI=1S/C19H33N5S/c1-3-23(16-8-9-16)13-10-21-19(20-2)22-15-17(18-7-6-14-25-18)24-11-4-5-12-24/h6-7,14,16-17H,3-5,8-13,15H2,1-2H3,(H2,20,21,22). The number of aliphatic imine (C=N–C) groups is 1. The lowest BCUT2D eigenvalue weighted by molar-refractivity contribution is 0.248. The summed E-state index contributed by atoms with van der Waals surface area (Å²) in [5, 5.41) is 9.23. The zero-order chi connectivity index (χ0) is 17.5. The molecule has 1 aliphatic heterocycles. The van der Waals surface area contributed by atoms with E-state index in [1.165, 1.54) is 43.6 Å². The number of hydrogen-bond donors (Lipinski definition) is 2. The summed E-state index contributed by atoms with van der Waals surface area (Å²) in [5.41, 5.74) is 0. The Labute approximate surface area is 156 Å². The zero-order valence-corrected chi connectivity index (χ0v) is 16.5. The van der Waals surface area contributed by atoms with Crippen molar-refractivity contribution in [2.24, 2.45) is 4.99 Å². The number of nitrogens with zero attached hydrogens (tertiary/aromatic N) is 3. The van der Waals surface area contributed by atoms with Crippen LogP contribution in [-0.4, -0.2) is 68.1 Å². The Kier molecular flexibility index (Phi) is 7.13. The van der Waals surface area contributed by atoms with Crippen LogP contribution in [0.2, 0.25) is 0 Å². The molecule has 2 fully saturated rings. The fourth-order valence-corrected chi connectivity index (χ4v) is 4.58. The molecule has 1 atom stereocenters. The molecule has 6 heteroatoms. The Hall–Kier alpha value is -1.11. The van der Waals surface area contributed by atoms with Crippen LogP contribution in [0.3, 0.4) is 0 Å². The molecule has 5 nitrogen and oxygen atoms in total. The zero-order valence-electron chi connectivity index (χ0n) is 15.7. The van der Waals surface area contributed by atoms with Gasteiger partial charge in [0.05, 0.1) is 6.04 Å². The normalized spacial score (nSPS) is 20.2. The Bertz CT molecular complexity index is 520. The van der Waals surface area contributed by atoms with Gasteiger partial charge in [0.15, 0.2) is 5.96 Å². The first-order valence-electron chi connectivity index (χ1n) is 9.77. The number of guanidine groups is 1. The van der Waals surface area contributed by atoms with E-state index >= 15 is 0 Å². The van der Waals surface area contributed by atoms with E-state index in [0.29, 0.717) is 6.04 Å². The fraction of sp³-hybridized carbons (Fsp3) is 0.737. The number of rotatable bonds is 9. The van der Waals surface area contributed by atoms with Gasteiger partial charge in [0, 0.05) is 37.6 Å². The van der Waals surface area contributed by atoms with Crippen LogP contribution < -0.4 is 10.6 Å². The molecule has 140 valence electrons. The van der Waals surface area contributed by atoms with Crippen molar-refractivity contribution in [2.45, 2.75) is 44.7 Å². The highest BCUT2D eigenvalue weighted by Gasteiger charge is 2.27. The number of likely N-dealkylation sites (N-methyl/N-ethyl adjacent to an activating group) is 1. The Morgan fingerprint density at radius 2 is 2.16 bits per heavy atom. The van der Waals surface area contributed by atoms with Gasteiger partial charge in [-0.15, -0.1) is 11.3 Å². The fourth-order valence-electron chi connectivity index (χ4n) is 3.71. The first-order chi connectivity index (χ1) is 12.3. The summed E-state index contributed by atoms with van der Waals surface area (Å²) in [6, 6.07) is 5.72. The van der Waals surface area contributed by atoms with E-state index in [-0.39, 0.29) is 0 Å². The molecule has 25 heavy (non-hydrogen) atoms. The molecule has 1 saturated carbocycles. The van der Waals surface area contributed by atoms with Crippen molar-refractivity contribution < 1.29 is 0 Å². The van der Waals surface area contributed by atoms with Crippen LogP contribution in [0.5, 0.6) is 0 Å². The van der Waals surface area contributed by atoms with Gasteiger partial charge in [-0.3, -0.25) is 14.8 Å². The van der Waals surface area contributed by atoms with Gasteiger partial charge < -0.3 is 10.6 Å². The maximum absolute atomic E-state index is 4.41. The summed E-state index contributed by atoms with van der Waals surface area (Å²) >= 11 is 1.86. The molecule has 1 aromatic heterocycles. The molecule has 2 N–H and O–H groups in total. The second-order valence-electron chi connectivity index (χ2n) is 7.01. The summed E-state index contributed by atoms with van der Waals surface area (Å²) < 4.78 is 0. The highest BCUT2D eigenvalue weighted by molar-refractivity contribution is 7.10. The van der Waals surface area contributed by atoms with E-state index in [9.17, 15) is 0 Å². The van der Waals surface area contributed by atoms with E-state index < -0.39 is 0 Å². The quantitative estimate of drug-likeness (QED) is 0.523. The lowest BCUT2D eigenvalue weighted by Crippen LogP contribution is -2.45. The van der Waals surface area contributed by atoms with Crippen molar-refractivity contribution in [2.75, 3.05) is 46.3 Å². The van der Waals surface area contributed by atoms with Crippen molar-refractivity contribution in [3.8, 4) is 0 Å². The molecule has 0 bridgehead atoms. The first-order valence-corrected chi connectivity index (χ1v) is 10.7. The SMILES string of the molecule is CCN(CCNC(=NC)NCC(c1cccs1)N1CCCC1)C1CC1. The van der Waals surface area contributed by atoms with Gasteiger partial charge in [0.1, 0.15) is 0 Å². The molecule has 1 saturated heterocycles. The smallest absolute Gasteiger partial charge is 0.191 e. The molecule has 3 rings (SSSR count). The Morgan fingerprint density at radius 3 is 2.76 bits per heavy atom. The van der Waals surface area contributed by atoms with Crippen LogP contribution in [0.15, 0.2) is 22.5 Å². The molecule has 2 heterocycles. The van der Waals surface area contributed by atoms with Crippen molar-refractivity contribution in [3.05, 3.63) is 22.4 Å². The van der Waals surface area contributed by atoms with Gasteiger partial charge in [0.2, 0.25) is 0 Å². The third-order valence-electron chi connectivity index (χ3n) is 5.30. The molecule has 0 spiro atoms. The summed E-state index contributed by atoms with van der Waals surface area (Å²) in [6.07, 6.45) is 5.39. The van der Waals surface area contributed by atoms with Crippen molar-refractivity contribution >= 4 is 17.3 Å². The lowest BCUT2D eigenvalue weighted by atomic mass is 10.2. The molecule has 0 aromatic carbocycles. The number of nitrogens with one attached hydrogen (secondary N) is 2. The number of thiophene rings is 1. The van der Waals surface area contributed by atoms with Crippen LogP contribution in [0.1, 0.15) is 43.5 Å². The van der Waals surface area contributed by atoms with E-state index in [0.717, 1.165) is 38.2 Å². The molecule has 2 aliphatic rings. The van der Waals surface area contributed by atoms with Gasteiger partial charge in [-0.05, 0) is 56.8 Å². The number of hydrogen-bond acceptors (Lipinski definition) is 4. The third kappa shape index (κ3) is 5.43. The predicted molar refractivity (Wildman–Crippen MR) is 108 cm³/mol. The minimum atomic E-state index is 0.458. The van der Waals surface area contributed by atoms with Crippen LogP contribution in [0, 0.1) is 0 Å². The summed E-state index contributed by atoms with van der Waals surface area (Å²) in [6.45, 7) is 8.80. The molecule has 0 radical (unpaired) electrons. The van der Waals surface area contributed by atoms with Crippen molar-refractivity contribution in [3.63, 3.8) is 0 Å². The second-order valence-corrected chi connectivity index (χ2v) is 7.99. The number of likely N-dealkylation sites (tertiary alicyclic amines) is 1. The van der Waals surface area contributed by atoms with E-state index in [1.807, 2.05) is 18.4 Å². The largest absolute Gasteiger partial charge is 0.355 e. The van der Waals surface area contributed by atoms with E-state index in [4.69, 9.17) is 0 Å². The van der Waals surface area contributed by atoms with Crippen molar-refractivity contribution in [1.29, 1.82) is 0 Å². The van der Waals surface area contributed by atoms with Crippen LogP contribution in [0.4, 0.5) is 0 Å². The maximum atomic E-state index is 4.41. The lowest BCUT2D eigenvalue weighted by Gasteiger charge is -2.28. The predicted octanol–water partition coefficient (Wildman–Crippen LogP) is 2.53. The van der Waals surface area contributed by atoms with Gasteiger partial charge in [0.25, 0.3) is 0 Å². The average molecular weight is 364 g/mol. The van der Waals surface area contributed by atoms with Crippen LogP contribution >= 0.6 is 11.3 Å². The Morgan fingerprint density at radius 1 is 1.36 bits per heavy atom. The van der Waals surface area contributed by atoms with Gasteiger partial charge in [-0.2, -0.15) is 0 Å². The van der Waals surface area contributed by atoms with Gasteiger partial charge in [-0.25, -0.2) is 0 Å². The van der Waals surface area contributed by atoms with Crippen LogP contribution in [-0.2, 0) is 0 Å². The minimum absolute atomic E-state index is 0.458. The van der Waals surface area contributed by atoms with Crippen molar-refractivity contribution in [1.82, 2.24) is 20.4 Å². The molecule has 1 aliphatic carbocycles. The van der Waals surface area contributed by atoms with E-state index in [2.05, 4.69) is 49.9 Å². The monoisotopic (exact) mass is 363 g/mol. The third-order valence-corrected chi connectivity index (χ3v) is 6.27. The maximum Gasteiger partial charge on any atom is 0.191 e. The van der Waals surface area contributed by atoms with Crippen LogP contribution in [0.25, 0.3) is 0 Å². The molecule has 0 amide bonds. The highest BCUT2D eigenvalue weighted by atomic mass is 32.1. The summed E-state index contributed by atoms with van der Waals surface area (Å²) in [5.74, 6) is 0.924.